The van der Waals surface area contributed by atoms with E-state index >= 15 is 0 Å². The summed E-state index contributed by atoms with van der Waals surface area (Å²) in [6.45, 7) is 0. The van der Waals surface area contributed by atoms with Crippen LogP contribution in [0.3, 0.4) is 0 Å². The molecule has 0 saturated carbocycles. The first-order valence-corrected chi connectivity index (χ1v) is 14.5. The van der Waals surface area contributed by atoms with Crippen LogP contribution in [0.25, 0.3) is 21.8 Å². The van der Waals surface area contributed by atoms with Gasteiger partial charge < -0.3 is 0 Å². The third-order valence-corrected chi connectivity index (χ3v) is 3.68. The molecule has 0 amide bonds. The molecule has 2 heterocycles. The molecule has 0 radical (unpaired) electrons. The van der Waals surface area contributed by atoms with Gasteiger partial charge >= 0.3 is 42.1 Å². The van der Waals surface area contributed by atoms with Crippen molar-refractivity contribution in [2.45, 2.75) is 25.7 Å². The molecule has 1 aliphatic carbocycles. The van der Waals surface area contributed by atoms with E-state index in [4.69, 9.17) is 29.1 Å². The van der Waals surface area contributed by atoms with Crippen molar-refractivity contribution in [3.63, 3.8) is 0 Å². The molecule has 140 valence electrons. The van der Waals surface area contributed by atoms with E-state index in [9.17, 15) is 0 Å². The molecule has 1 aliphatic rings. The molecule has 0 N–H and O–H groups in total. The maximum absolute atomic E-state index is 4.94. The Morgan fingerprint density at radius 3 is 1.31 bits per heavy atom. The van der Waals surface area contributed by atoms with Crippen molar-refractivity contribution >= 4 is 50.9 Å². The van der Waals surface area contributed by atoms with E-state index in [2.05, 4.69) is 58.5 Å². The molecule has 0 saturated heterocycles. The van der Waals surface area contributed by atoms with Crippen LogP contribution < -0.4 is 0 Å². The van der Waals surface area contributed by atoms with E-state index in [1.54, 1.807) is 12.4 Å². The fourth-order valence-corrected chi connectivity index (χ4v) is 2.54. The van der Waals surface area contributed by atoms with E-state index < -0.39 is 13.0 Å². The number of hydrogen-bond donors (Lipinski definition) is 0. The van der Waals surface area contributed by atoms with Crippen LogP contribution in [-0.4, -0.2) is 9.97 Å². The van der Waals surface area contributed by atoms with Gasteiger partial charge in [-0.25, -0.2) is 0 Å². The minimum atomic E-state index is -1.66. The summed E-state index contributed by atoms with van der Waals surface area (Å²) in [5, 5.41) is 2.28. The quantitative estimate of drug-likeness (QED) is 0.182. The van der Waals surface area contributed by atoms with Gasteiger partial charge in [-0.05, 0) is 37.8 Å². The van der Waals surface area contributed by atoms with Crippen molar-refractivity contribution in [3.8, 4) is 0 Å². The Kier molecular flexibility index (Phi) is 10.2. The van der Waals surface area contributed by atoms with Crippen LogP contribution in [-0.2, 0) is 13.0 Å². The maximum Gasteiger partial charge on any atom is 0.0964 e. The number of halogens is 3. The van der Waals surface area contributed by atoms with Gasteiger partial charge in [-0.15, -0.1) is 0 Å². The standard InChI is InChI=1S/C12H8N2.C8H12.3ClH.Rh/c1-3-9-5-6-10-4-2-8-14-12(10)11(9)13-7-1;1-2-4-6-8-7-5-3-1;;;;/h1-8H;1-2,7-8H,3-6H2;3*1H;/q;;;;;+3/p-3. The summed E-state index contributed by atoms with van der Waals surface area (Å²) in [6.07, 6.45) is 17.6. The Morgan fingerprint density at radius 2 is 0.962 bits per heavy atom. The van der Waals surface area contributed by atoms with Gasteiger partial charge in [0.1, 0.15) is 0 Å². The molecule has 2 aromatic heterocycles. The molecule has 6 heteroatoms. The third kappa shape index (κ3) is 7.72. The maximum atomic E-state index is 4.94. The second-order valence-corrected chi connectivity index (χ2v) is 12.9. The van der Waals surface area contributed by atoms with Crippen molar-refractivity contribution in [1.29, 1.82) is 0 Å². The van der Waals surface area contributed by atoms with E-state index in [1.807, 2.05) is 12.1 Å². The Labute approximate surface area is 171 Å². The van der Waals surface area contributed by atoms with Crippen molar-refractivity contribution in [1.82, 2.24) is 9.97 Å². The Balaban J connectivity index is 0.000000172. The van der Waals surface area contributed by atoms with E-state index in [0.717, 1.165) is 21.8 Å². The van der Waals surface area contributed by atoms with Gasteiger partial charge in [0, 0.05) is 23.2 Å². The minimum Gasteiger partial charge on any atom is -0.254 e. The molecule has 0 unspecified atom stereocenters. The summed E-state index contributed by atoms with van der Waals surface area (Å²) in [4.78, 5) is 8.69. The molecular weight excluding hydrogens is 477 g/mol. The van der Waals surface area contributed by atoms with Crippen molar-refractivity contribution < 1.29 is 13.0 Å². The second kappa shape index (κ2) is 12.4. The van der Waals surface area contributed by atoms with Crippen LogP contribution >= 0.6 is 29.1 Å². The molecule has 26 heavy (non-hydrogen) atoms. The number of aromatic nitrogens is 2. The number of allylic oxidation sites excluding steroid dienone is 4. The Hall–Kier alpha value is -0.987. The van der Waals surface area contributed by atoms with Crippen molar-refractivity contribution in [2.24, 2.45) is 0 Å². The first-order valence-electron chi connectivity index (χ1n) is 8.21. The third-order valence-electron chi connectivity index (χ3n) is 3.68. The van der Waals surface area contributed by atoms with Crippen LogP contribution in [0.2, 0.25) is 0 Å². The van der Waals surface area contributed by atoms with E-state index in [-0.39, 0.29) is 0 Å². The van der Waals surface area contributed by atoms with Gasteiger partial charge in [0.25, 0.3) is 0 Å². The SMILES string of the molecule is C1=CCCC=CCC1.[Cl][Rh]([Cl])[Cl].c1cnc2c(c1)ccc1cccnc12. The first-order chi connectivity index (χ1) is 12.7. The summed E-state index contributed by atoms with van der Waals surface area (Å²) in [5.41, 5.74) is 1.95. The van der Waals surface area contributed by atoms with Crippen LogP contribution in [0.15, 0.2) is 73.1 Å². The summed E-state index contributed by atoms with van der Waals surface area (Å²) in [7, 11) is 14.8. The zero-order chi connectivity index (χ0) is 18.6. The molecule has 0 aliphatic heterocycles. The second-order valence-electron chi connectivity index (χ2n) is 5.46. The van der Waals surface area contributed by atoms with Crippen LogP contribution in [0.4, 0.5) is 0 Å². The largest absolute Gasteiger partial charge is 0.254 e. The molecule has 0 fully saturated rings. The molecule has 0 spiro atoms. The molecular formula is C20H20Cl3N2Rh. The molecule has 2 nitrogen and oxygen atoms in total. The number of nitrogens with zero attached hydrogens (tertiary/aromatic N) is 2. The fourth-order valence-electron chi connectivity index (χ4n) is 2.54. The summed E-state index contributed by atoms with van der Waals surface area (Å²) in [5.74, 6) is 0. The summed E-state index contributed by atoms with van der Waals surface area (Å²) in [6, 6.07) is 12.1. The predicted octanol–water partition coefficient (Wildman–Crippen LogP) is 7.52. The molecule has 3 aromatic rings. The monoisotopic (exact) mass is 496 g/mol. The Bertz CT molecular complexity index is 782. The van der Waals surface area contributed by atoms with E-state index in [0.29, 0.717) is 0 Å². The van der Waals surface area contributed by atoms with Gasteiger partial charge in [-0.3, -0.25) is 9.97 Å². The first kappa shape index (κ1) is 21.3. The molecule has 0 bridgehead atoms. The van der Waals surface area contributed by atoms with Crippen LogP contribution in [0, 0.1) is 0 Å². The summed E-state index contributed by atoms with van der Waals surface area (Å²) < 4.78 is 0. The zero-order valence-corrected chi connectivity index (χ0v) is 18.0. The van der Waals surface area contributed by atoms with E-state index in [1.165, 1.54) is 25.7 Å². The average molecular weight is 498 g/mol. The van der Waals surface area contributed by atoms with Gasteiger partial charge in [0.15, 0.2) is 0 Å². The van der Waals surface area contributed by atoms with Gasteiger partial charge in [-0.1, -0.05) is 48.6 Å². The summed E-state index contributed by atoms with van der Waals surface area (Å²) >= 11 is -1.66. The predicted molar refractivity (Wildman–Crippen MR) is 111 cm³/mol. The van der Waals surface area contributed by atoms with Crippen molar-refractivity contribution in [2.75, 3.05) is 0 Å². The molecule has 1 aromatic carbocycles. The minimum absolute atomic E-state index is 0.977. The number of hydrogen-bond acceptors (Lipinski definition) is 2. The van der Waals surface area contributed by atoms with Gasteiger partial charge in [0.05, 0.1) is 11.0 Å². The Morgan fingerprint density at radius 1 is 0.615 bits per heavy atom. The zero-order valence-electron chi connectivity index (χ0n) is 14.1. The average Bonchev–Trinajstić information content (AvgIpc) is 2.61. The number of pyridine rings is 2. The van der Waals surface area contributed by atoms with Crippen LogP contribution in [0.5, 0.6) is 0 Å². The number of rotatable bonds is 0. The smallest absolute Gasteiger partial charge is 0.0964 e. The van der Waals surface area contributed by atoms with Gasteiger partial charge in [-0.2, -0.15) is 0 Å². The van der Waals surface area contributed by atoms with Gasteiger partial charge in [0.2, 0.25) is 0 Å². The van der Waals surface area contributed by atoms with Crippen molar-refractivity contribution in [3.05, 3.63) is 73.1 Å². The normalized spacial score (nSPS) is 13.7. The molecule has 0 atom stereocenters. The number of benzene rings is 1. The number of fused-ring (bicyclic) bond motifs is 3. The topological polar surface area (TPSA) is 25.8 Å². The molecule has 4 rings (SSSR count). The fraction of sp³-hybridized carbons (Fsp3) is 0.200. The van der Waals surface area contributed by atoms with Crippen LogP contribution in [0.1, 0.15) is 25.7 Å².